The van der Waals surface area contributed by atoms with E-state index >= 15 is 0 Å². The molecule has 138 valence electrons. The Morgan fingerprint density at radius 1 is 1.15 bits per heavy atom. The Morgan fingerprint density at radius 2 is 1.85 bits per heavy atom. The lowest BCUT2D eigenvalue weighted by atomic mass is 9.92. The summed E-state index contributed by atoms with van der Waals surface area (Å²) in [5, 5.41) is 7.55. The van der Waals surface area contributed by atoms with Crippen LogP contribution in [-0.4, -0.2) is 25.7 Å². The SMILES string of the molecule is CC(C)(C)c1cc(NC(=O)c2cc(F)cc3[nH]cnc23)n(C(C)(C)C)n1. The van der Waals surface area contributed by atoms with Crippen molar-refractivity contribution in [2.45, 2.75) is 52.5 Å². The number of H-pyrrole nitrogens is 1. The molecule has 1 aromatic carbocycles. The van der Waals surface area contributed by atoms with Gasteiger partial charge in [0.1, 0.15) is 17.2 Å². The van der Waals surface area contributed by atoms with Crippen LogP contribution >= 0.6 is 0 Å². The number of aromatic amines is 1. The Balaban J connectivity index is 2.04. The minimum atomic E-state index is -0.494. The summed E-state index contributed by atoms with van der Waals surface area (Å²) in [4.78, 5) is 19.8. The van der Waals surface area contributed by atoms with E-state index in [-0.39, 0.29) is 16.5 Å². The third-order valence-electron chi connectivity index (χ3n) is 4.09. The number of carbonyl (C=O) groups is 1. The molecule has 0 aliphatic carbocycles. The van der Waals surface area contributed by atoms with Gasteiger partial charge in [-0.05, 0) is 32.9 Å². The molecule has 0 aliphatic rings. The molecule has 7 heteroatoms. The molecule has 0 fully saturated rings. The second-order valence-corrected chi connectivity index (χ2v) is 8.45. The molecule has 3 rings (SSSR count). The molecule has 2 aromatic heterocycles. The number of nitrogens with one attached hydrogen (secondary N) is 2. The van der Waals surface area contributed by atoms with Gasteiger partial charge >= 0.3 is 0 Å². The number of fused-ring (bicyclic) bond motifs is 1. The highest BCUT2D eigenvalue weighted by Gasteiger charge is 2.26. The van der Waals surface area contributed by atoms with Crippen molar-refractivity contribution in [1.82, 2.24) is 19.7 Å². The Kier molecular flexibility index (Phi) is 4.13. The maximum absolute atomic E-state index is 13.9. The van der Waals surface area contributed by atoms with Gasteiger partial charge in [-0.1, -0.05) is 20.8 Å². The molecule has 0 unspecified atom stereocenters. The number of carbonyl (C=O) groups excluding carboxylic acids is 1. The summed E-state index contributed by atoms with van der Waals surface area (Å²) in [7, 11) is 0. The molecule has 0 radical (unpaired) electrons. The van der Waals surface area contributed by atoms with Crippen LogP contribution in [0.2, 0.25) is 0 Å². The van der Waals surface area contributed by atoms with Gasteiger partial charge in [-0.25, -0.2) is 14.1 Å². The van der Waals surface area contributed by atoms with Gasteiger partial charge in [-0.15, -0.1) is 0 Å². The topological polar surface area (TPSA) is 75.6 Å². The molecule has 0 saturated heterocycles. The third-order valence-corrected chi connectivity index (χ3v) is 4.09. The van der Waals surface area contributed by atoms with E-state index < -0.39 is 11.7 Å². The highest BCUT2D eigenvalue weighted by atomic mass is 19.1. The lowest BCUT2D eigenvalue weighted by Crippen LogP contribution is -2.27. The van der Waals surface area contributed by atoms with Gasteiger partial charge in [-0.3, -0.25) is 4.79 Å². The van der Waals surface area contributed by atoms with Gasteiger partial charge in [0.2, 0.25) is 0 Å². The first-order valence-corrected chi connectivity index (χ1v) is 8.52. The van der Waals surface area contributed by atoms with Crippen LogP contribution in [-0.2, 0) is 11.0 Å². The lowest BCUT2D eigenvalue weighted by Gasteiger charge is -2.23. The number of imidazole rings is 1. The number of aromatic nitrogens is 4. The molecule has 26 heavy (non-hydrogen) atoms. The summed E-state index contributed by atoms with van der Waals surface area (Å²) in [5.74, 6) is -0.348. The van der Waals surface area contributed by atoms with Gasteiger partial charge in [-0.2, -0.15) is 5.10 Å². The number of benzene rings is 1. The molecule has 3 aromatic rings. The number of anilines is 1. The van der Waals surface area contributed by atoms with Crippen molar-refractivity contribution in [2.75, 3.05) is 5.32 Å². The standard InChI is InChI=1S/C19H24FN5O/c1-18(2,3)14-9-15(25(24-14)19(4,5)6)23-17(26)12-7-11(20)8-13-16(12)22-10-21-13/h7-10H,1-6H3,(H,21,22)(H,23,26). The maximum atomic E-state index is 13.9. The Morgan fingerprint density at radius 3 is 2.46 bits per heavy atom. The van der Waals surface area contributed by atoms with Crippen molar-refractivity contribution in [2.24, 2.45) is 0 Å². The molecule has 2 N–H and O–H groups in total. The largest absolute Gasteiger partial charge is 0.344 e. The molecule has 0 aliphatic heterocycles. The quantitative estimate of drug-likeness (QED) is 0.721. The second kappa shape index (κ2) is 5.93. The number of amides is 1. The summed E-state index contributed by atoms with van der Waals surface area (Å²) in [5.41, 5.74) is 1.48. The van der Waals surface area contributed by atoms with Crippen LogP contribution in [0.25, 0.3) is 11.0 Å². The summed E-state index contributed by atoms with van der Waals surface area (Å²) in [6.45, 7) is 12.2. The van der Waals surface area contributed by atoms with Crippen molar-refractivity contribution < 1.29 is 9.18 Å². The van der Waals surface area contributed by atoms with E-state index in [1.165, 1.54) is 18.5 Å². The Labute approximate surface area is 151 Å². The van der Waals surface area contributed by atoms with Crippen molar-refractivity contribution in [3.63, 3.8) is 0 Å². The van der Waals surface area contributed by atoms with E-state index in [4.69, 9.17) is 0 Å². The monoisotopic (exact) mass is 357 g/mol. The number of halogens is 1. The predicted octanol–water partition coefficient (Wildman–Crippen LogP) is 4.20. The molecule has 2 heterocycles. The number of hydrogen-bond acceptors (Lipinski definition) is 3. The number of nitrogens with zero attached hydrogens (tertiary/aromatic N) is 3. The molecular weight excluding hydrogens is 333 g/mol. The zero-order valence-electron chi connectivity index (χ0n) is 15.9. The van der Waals surface area contributed by atoms with Crippen LogP contribution < -0.4 is 5.32 Å². The molecular formula is C19H24FN5O. The molecule has 0 bridgehead atoms. The highest BCUT2D eigenvalue weighted by molar-refractivity contribution is 6.11. The fraction of sp³-hybridized carbons (Fsp3) is 0.421. The van der Waals surface area contributed by atoms with E-state index in [1.807, 2.05) is 26.8 Å². The van der Waals surface area contributed by atoms with Crippen LogP contribution in [0.1, 0.15) is 57.6 Å². The summed E-state index contributed by atoms with van der Waals surface area (Å²) < 4.78 is 15.6. The van der Waals surface area contributed by atoms with Crippen LogP contribution in [0.5, 0.6) is 0 Å². The van der Waals surface area contributed by atoms with E-state index in [2.05, 4.69) is 41.2 Å². The first kappa shape index (κ1) is 18.1. The zero-order valence-corrected chi connectivity index (χ0v) is 15.9. The lowest BCUT2D eigenvalue weighted by molar-refractivity contribution is 0.102. The first-order chi connectivity index (χ1) is 12.0. The van der Waals surface area contributed by atoms with E-state index in [0.29, 0.717) is 16.9 Å². The van der Waals surface area contributed by atoms with Crippen molar-refractivity contribution in [3.05, 3.63) is 41.6 Å². The maximum Gasteiger partial charge on any atom is 0.259 e. The minimum absolute atomic E-state index is 0.162. The number of rotatable bonds is 2. The van der Waals surface area contributed by atoms with Crippen molar-refractivity contribution in [1.29, 1.82) is 0 Å². The van der Waals surface area contributed by atoms with Gasteiger partial charge in [0, 0.05) is 11.5 Å². The molecule has 0 spiro atoms. The van der Waals surface area contributed by atoms with Gasteiger partial charge in [0.25, 0.3) is 5.91 Å². The zero-order chi connectivity index (χ0) is 19.3. The highest BCUT2D eigenvalue weighted by Crippen LogP contribution is 2.29. The average molecular weight is 357 g/mol. The van der Waals surface area contributed by atoms with Crippen molar-refractivity contribution >= 4 is 22.8 Å². The summed E-state index contributed by atoms with van der Waals surface area (Å²) in [6.07, 6.45) is 1.44. The van der Waals surface area contributed by atoms with Crippen LogP contribution in [0.15, 0.2) is 24.5 Å². The second-order valence-electron chi connectivity index (χ2n) is 8.45. The number of hydrogen-bond donors (Lipinski definition) is 2. The predicted molar refractivity (Wildman–Crippen MR) is 99.9 cm³/mol. The molecule has 0 saturated carbocycles. The molecule has 1 amide bonds. The van der Waals surface area contributed by atoms with E-state index in [0.717, 1.165) is 5.69 Å². The van der Waals surface area contributed by atoms with Crippen molar-refractivity contribution in [3.8, 4) is 0 Å². The normalized spacial score (nSPS) is 12.6. The first-order valence-electron chi connectivity index (χ1n) is 8.52. The van der Waals surface area contributed by atoms with Crippen LogP contribution in [0.4, 0.5) is 10.2 Å². The summed E-state index contributed by atoms with van der Waals surface area (Å²) >= 11 is 0. The summed E-state index contributed by atoms with van der Waals surface area (Å²) in [6, 6.07) is 4.38. The fourth-order valence-corrected chi connectivity index (χ4v) is 2.72. The van der Waals surface area contributed by atoms with Gasteiger partial charge < -0.3 is 10.3 Å². The van der Waals surface area contributed by atoms with Crippen LogP contribution in [0.3, 0.4) is 0 Å². The van der Waals surface area contributed by atoms with Gasteiger partial charge in [0.05, 0.1) is 28.6 Å². The third kappa shape index (κ3) is 3.34. The smallest absolute Gasteiger partial charge is 0.259 e. The molecule has 6 nitrogen and oxygen atoms in total. The van der Waals surface area contributed by atoms with E-state index in [9.17, 15) is 9.18 Å². The fourth-order valence-electron chi connectivity index (χ4n) is 2.72. The van der Waals surface area contributed by atoms with Crippen LogP contribution in [0, 0.1) is 5.82 Å². The van der Waals surface area contributed by atoms with Gasteiger partial charge in [0.15, 0.2) is 0 Å². The van der Waals surface area contributed by atoms with E-state index in [1.54, 1.807) is 4.68 Å². The minimum Gasteiger partial charge on any atom is -0.344 e. The molecule has 0 atom stereocenters. The average Bonchev–Trinajstić information content (AvgIpc) is 3.11. The Hall–Kier alpha value is -2.70. The Bertz CT molecular complexity index is 972.